The molecule has 0 unspecified atom stereocenters. The Morgan fingerprint density at radius 3 is 2.40 bits per heavy atom. The molecule has 0 bridgehead atoms. The van der Waals surface area contributed by atoms with E-state index in [2.05, 4.69) is 0 Å². The summed E-state index contributed by atoms with van der Waals surface area (Å²) in [5.74, 6) is -2.32. The number of halogens is 1. The molecule has 0 aromatic heterocycles. The first-order valence-electron chi connectivity index (χ1n) is 6.09. The maximum Gasteiger partial charge on any atom is 0.318 e. The molecule has 112 valence electrons. The van der Waals surface area contributed by atoms with Gasteiger partial charge in [0.25, 0.3) is 0 Å². The third-order valence-corrected chi connectivity index (χ3v) is 4.86. The fourth-order valence-corrected chi connectivity index (χ4v) is 2.95. The van der Waals surface area contributed by atoms with Crippen LogP contribution >= 0.6 is 11.6 Å². The molecular formula is C13H18ClNO4S. The summed E-state index contributed by atoms with van der Waals surface area (Å²) in [7, 11) is -1.76. The molecule has 0 fully saturated rings. The Balaban J connectivity index is 2.60. The van der Waals surface area contributed by atoms with Gasteiger partial charge in [0.2, 0.25) is 0 Å². The van der Waals surface area contributed by atoms with Crippen LogP contribution in [0.3, 0.4) is 0 Å². The molecule has 0 aliphatic rings. The van der Waals surface area contributed by atoms with Crippen LogP contribution in [-0.2, 0) is 14.6 Å². The van der Waals surface area contributed by atoms with Crippen LogP contribution in [-0.4, -0.2) is 49.5 Å². The first kappa shape index (κ1) is 16.9. The average Bonchev–Trinajstić information content (AvgIpc) is 2.34. The van der Waals surface area contributed by atoms with Gasteiger partial charge in [0.05, 0.1) is 5.75 Å². The quantitative estimate of drug-likeness (QED) is 0.830. The number of sulfone groups is 1. The van der Waals surface area contributed by atoms with Gasteiger partial charge < -0.3 is 5.11 Å². The molecule has 1 atom stereocenters. The lowest BCUT2D eigenvalue weighted by molar-refractivity contribution is -0.134. The number of carbonyl (C=O) groups is 1. The molecule has 20 heavy (non-hydrogen) atoms. The lowest BCUT2D eigenvalue weighted by Crippen LogP contribution is -2.30. The molecule has 0 aliphatic carbocycles. The van der Waals surface area contributed by atoms with Crippen molar-refractivity contribution in [1.29, 1.82) is 0 Å². The van der Waals surface area contributed by atoms with Crippen molar-refractivity contribution in [1.82, 2.24) is 4.90 Å². The van der Waals surface area contributed by atoms with E-state index in [1.165, 1.54) is 0 Å². The fraction of sp³-hybridized carbons (Fsp3) is 0.462. The SMILES string of the molecule is C[C@H](c1ccc(Cl)cc1)N(C)CCS(=O)(=O)CC(=O)O. The molecule has 1 rings (SSSR count). The van der Waals surface area contributed by atoms with Gasteiger partial charge in [-0.05, 0) is 31.7 Å². The number of benzene rings is 1. The smallest absolute Gasteiger partial charge is 0.318 e. The molecule has 0 spiro atoms. The zero-order valence-corrected chi connectivity index (χ0v) is 13.0. The molecule has 0 amide bonds. The number of hydrogen-bond donors (Lipinski definition) is 1. The summed E-state index contributed by atoms with van der Waals surface area (Å²) in [6, 6.07) is 7.35. The second-order valence-electron chi connectivity index (χ2n) is 4.69. The van der Waals surface area contributed by atoms with Crippen LogP contribution in [0.4, 0.5) is 0 Å². The maximum absolute atomic E-state index is 11.5. The van der Waals surface area contributed by atoms with Crippen molar-refractivity contribution in [2.75, 3.05) is 25.1 Å². The van der Waals surface area contributed by atoms with E-state index < -0.39 is 21.6 Å². The highest BCUT2D eigenvalue weighted by Crippen LogP contribution is 2.20. The number of carboxylic acid groups (broad SMARTS) is 1. The standard InChI is InChI=1S/C13H18ClNO4S/c1-10(11-3-5-12(14)6-4-11)15(2)7-8-20(18,19)9-13(16)17/h3-6,10H,7-9H2,1-2H3,(H,16,17)/t10-/m1/s1. The number of rotatable bonds is 7. The molecule has 0 saturated heterocycles. The summed E-state index contributed by atoms with van der Waals surface area (Å²) >= 11 is 5.82. The molecule has 0 aliphatic heterocycles. The molecule has 1 aromatic carbocycles. The van der Waals surface area contributed by atoms with Gasteiger partial charge in [0, 0.05) is 17.6 Å². The van der Waals surface area contributed by atoms with Crippen LogP contribution in [0.2, 0.25) is 5.02 Å². The molecule has 1 aromatic rings. The van der Waals surface area contributed by atoms with Crippen LogP contribution in [0.25, 0.3) is 0 Å². The van der Waals surface area contributed by atoms with Crippen molar-refractivity contribution in [3.63, 3.8) is 0 Å². The van der Waals surface area contributed by atoms with Crippen molar-refractivity contribution >= 4 is 27.4 Å². The van der Waals surface area contributed by atoms with Gasteiger partial charge in [0.1, 0.15) is 5.75 Å². The summed E-state index contributed by atoms with van der Waals surface area (Å²) in [5, 5.41) is 9.17. The predicted octanol–water partition coefficient (Wildman–Crippen LogP) is 1.83. The summed E-state index contributed by atoms with van der Waals surface area (Å²) in [6.07, 6.45) is 0. The predicted molar refractivity (Wildman–Crippen MR) is 78.8 cm³/mol. The highest BCUT2D eigenvalue weighted by Gasteiger charge is 2.19. The van der Waals surface area contributed by atoms with Gasteiger partial charge in [-0.1, -0.05) is 23.7 Å². The zero-order chi connectivity index (χ0) is 15.3. The van der Waals surface area contributed by atoms with Crippen LogP contribution in [0.5, 0.6) is 0 Å². The van der Waals surface area contributed by atoms with E-state index >= 15 is 0 Å². The van der Waals surface area contributed by atoms with E-state index in [9.17, 15) is 13.2 Å². The highest BCUT2D eigenvalue weighted by molar-refractivity contribution is 7.92. The van der Waals surface area contributed by atoms with E-state index in [1.807, 2.05) is 24.0 Å². The van der Waals surface area contributed by atoms with Crippen LogP contribution in [0.1, 0.15) is 18.5 Å². The number of aliphatic carboxylic acids is 1. The van der Waals surface area contributed by atoms with E-state index in [0.29, 0.717) is 5.02 Å². The van der Waals surface area contributed by atoms with Gasteiger partial charge in [0.15, 0.2) is 9.84 Å². The first-order chi connectivity index (χ1) is 9.21. The molecule has 0 saturated carbocycles. The van der Waals surface area contributed by atoms with Crippen molar-refractivity contribution in [3.8, 4) is 0 Å². The summed E-state index contributed by atoms with van der Waals surface area (Å²) in [6.45, 7) is 2.23. The third kappa shape index (κ3) is 5.48. The third-order valence-electron chi connectivity index (χ3n) is 3.11. The highest BCUT2D eigenvalue weighted by atomic mass is 35.5. The number of nitrogens with zero attached hydrogens (tertiary/aromatic N) is 1. The lowest BCUT2D eigenvalue weighted by atomic mass is 10.1. The van der Waals surface area contributed by atoms with Crippen molar-refractivity contribution < 1.29 is 18.3 Å². The first-order valence-corrected chi connectivity index (χ1v) is 8.29. The second-order valence-corrected chi connectivity index (χ2v) is 7.31. The Hall–Kier alpha value is -1.11. The van der Waals surface area contributed by atoms with Crippen molar-refractivity contribution in [2.24, 2.45) is 0 Å². The van der Waals surface area contributed by atoms with Crippen LogP contribution < -0.4 is 0 Å². The van der Waals surface area contributed by atoms with E-state index in [1.54, 1.807) is 19.2 Å². The maximum atomic E-state index is 11.5. The van der Waals surface area contributed by atoms with E-state index in [4.69, 9.17) is 16.7 Å². The van der Waals surface area contributed by atoms with E-state index in [0.717, 1.165) is 5.56 Å². The normalized spacial score (nSPS) is 13.4. The largest absolute Gasteiger partial charge is 0.480 e. The zero-order valence-electron chi connectivity index (χ0n) is 11.4. The fourth-order valence-electron chi connectivity index (χ4n) is 1.73. The number of hydrogen-bond acceptors (Lipinski definition) is 4. The Morgan fingerprint density at radius 2 is 1.90 bits per heavy atom. The Kier molecular flexibility index (Phi) is 5.98. The van der Waals surface area contributed by atoms with Crippen LogP contribution in [0, 0.1) is 0 Å². The van der Waals surface area contributed by atoms with Crippen molar-refractivity contribution in [3.05, 3.63) is 34.9 Å². The molecule has 1 N–H and O–H groups in total. The summed E-state index contributed by atoms with van der Waals surface area (Å²) in [4.78, 5) is 12.3. The minimum atomic E-state index is -3.56. The summed E-state index contributed by atoms with van der Waals surface area (Å²) < 4.78 is 23.0. The van der Waals surface area contributed by atoms with Gasteiger partial charge >= 0.3 is 5.97 Å². The minimum Gasteiger partial charge on any atom is -0.480 e. The molecule has 7 heteroatoms. The summed E-state index contributed by atoms with van der Waals surface area (Å²) in [5.41, 5.74) is 1.02. The van der Waals surface area contributed by atoms with Crippen LogP contribution in [0.15, 0.2) is 24.3 Å². The minimum absolute atomic E-state index is 0.0206. The van der Waals surface area contributed by atoms with E-state index in [-0.39, 0.29) is 18.3 Å². The lowest BCUT2D eigenvalue weighted by Gasteiger charge is -2.24. The molecular weight excluding hydrogens is 302 g/mol. The second kappa shape index (κ2) is 7.06. The number of carboxylic acids is 1. The monoisotopic (exact) mass is 319 g/mol. The molecule has 5 nitrogen and oxygen atoms in total. The Labute approximate surface area is 124 Å². The molecule has 0 radical (unpaired) electrons. The van der Waals surface area contributed by atoms with Gasteiger partial charge in [-0.25, -0.2) is 8.42 Å². The molecule has 0 heterocycles. The Morgan fingerprint density at radius 1 is 1.35 bits per heavy atom. The van der Waals surface area contributed by atoms with Gasteiger partial charge in [-0.15, -0.1) is 0 Å². The topological polar surface area (TPSA) is 74.7 Å². The van der Waals surface area contributed by atoms with Gasteiger partial charge in [-0.2, -0.15) is 0 Å². The Bertz CT molecular complexity index is 556. The average molecular weight is 320 g/mol. The van der Waals surface area contributed by atoms with Crippen molar-refractivity contribution in [2.45, 2.75) is 13.0 Å². The van der Waals surface area contributed by atoms with Gasteiger partial charge in [-0.3, -0.25) is 9.69 Å².